The number of carbonyl (C=O) groups excluding carboxylic acids is 1. The zero-order valence-corrected chi connectivity index (χ0v) is 17.7. The molecule has 0 saturated carbocycles. The third kappa shape index (κ3) is 5.16. The number of ether oxygens (including phenoxy) is 2. The maximum absolute atomic E-state index is 12.8. The molecule has 2 amide bonds. The number of hydrogen-bond donors (Lipinski definition) is 1. The maximum Gasteiger partial charge on any atom is 0.317 e. The fourth-order valence-electron chi connectivity index (χ4n) is 4.67. The van der Waals surface area contributed by atoms with Crippen molar-refractivity contribution in [3.63, 3.8) is 0 Å². The van der Waals surface area contributed by atoms with Crippen molar-refractivity contribution in [1.29, 1.82) is 0 Å². The van der Waals surface area contributed by atoms with Gasteiger partial charge in [-0.05, 0) is 81.8 Å². The summed E-state index contributed by atoms with van der Waals surface area (Å²) in [5, 5.41) is 3.14. The Kier molecular flexibility index (Phi) is 6.80. The first kappa shape index (κ1) is 20.3. The highest BCUT2D eigenvalue weighted by molar-refractivity contribution is 5.75. The number of fused-ring (bicyclic) bond motifs is 1. The smallest absolute Gasteiger partial charge is 0.317 e. The minimum atomic E-state index is 0.0641. The lowest BCUT2D eigenvalue weighted by Gasteiger charge is -2.30. The number of urea groups is 1. The minimum absolute atomic E-state index is 0.0641. The highest BCUT2D eigenvalue weighted by atomic mass is 16.6. The number of carbonyl (C=O) groups is 1. The molecule has 3 aliphatic rings. The third-order valence-electron chi connectivity index (χ3n) is 6.52. The summed E-state index contributed by atoms with van der Waals surface area (Å²) >= 11 is 0. The Balaban J connectivity index is 1.22. The predicted molar refractivity (Wildman–Crippen MR) is 114 cm³/mol. The van der Waals surface area contributed by atoms with E-state index in [-0.39, 0.29) is 12.1 Å². The van der Waals surface area contributed by atoms with Gasteiger partial charge in [-0.3, -0.25) is 0 Å². The molecule has 29 heavy (non-hydrogen) atoms. The van der Waals surface area contributed by atoms with Gasteiger partial charge in [-0.25, -0.2) is 4.79 Å². The molecule has 0 aliphatic carbocycles. The highest BCUT2D eigenvalue weighted by Gasteiger charge is 2.30. The average Bonchev–Trinajstić information content (AvgIpc) is 3.24. The van der Waals surface area contributed by atoms with E-state index in [9.17, 15) is 4.79 Å². The van der Waals surface area contributed by atoms with Gasteiger partial charge in [0.2, 0.25) is 0 Å². The van der Waals surface area contributed by atoms with Crippen LogP contribution >= 0.6 is 0 Å². The molecule has 0 aromatic heterocycles. The number of likely N-dealkylation sites (tertiary alicyclic amines) is 2. The van der Waals surface area contributed by atoms with E-state index < -0.39 is 0 Å². The van der Waals surface area contributed by atoms with E-state index in [0.717, 1.165) is 68.3 Å². The minimum Gasteiger partial charge on any atom is -0.486 e. The van der Waals surface area contributed by atoms with Crippen molar-refractivity contribution in [2.75, 3.05) is 45.9 Å². The van der Waals surface area contributed by atoms with Crippen LogP contribution in [-0.4, -0.2) is 61.8 Å². The largest absolute Gasteiger partial charge is 0.486 e. The van der Waals surface area contributed by atoms with Crippen molar-refractivity contribution in [3.05, 3.63) is 23.8 Å². The molecule has 160 valence electrons. The Bertz CT molecular complexity index is 688. The van der Waals surface area contributed by atoms with E-state index in [0.29, 0.717) is 13.2 Å². The van der Waals surface area contributed by atoms with Crippen LogP contribution in [-0.2, 0) is 0 Å². The fraction of sp³-hybridized carbons (Fsp3) is 0.696. The predicted octanol–water partition coefficient (Wildman–Crippen LogP) is 3.82. The van der Waals surface area contributed by atoms with E-state index in [4.69, 9.17) is 9.47 Å². The van der Waals surface area contributed by atoms with E-state index in [2.05, 4.69) is 23.2 Å². The summed E-state index contributed by atoms with van der Waals surface area (Å²) in [5.41, 5.74) is 1.14. The molecule has 3 heterocycles. The van der Waals surface area contributed by atoms with Crippen molar-refractivity contribution >= 4 is 6.03 Å². The number of unbranched alkanes of at least 4 members (excludes halogenated alkanes) is 1. The first-order valence-corrected chi connectivity index (χ1v) is 11.4. The molecule has 1 atom stereocenters. The normalized spacial score (nSPS) is 22.7. The van der Waals surface area contributed by atoms with Gasteiger partial charge in [0, 0.05) is 13.1 Å². The van der Waals surface area contributed by atoms with Crippen LogP contribution in [0.25, 0.3) is 0 Å². The van der Waals surface area contributed by atoms with Crippen molar-refractivity contribution in [3.8, 4) is 11.5 Å². The van der Waals surface area contributed by atoms with Crippen molar-refractivity contribution < 1.29 is 14.3 Å². The molecule has 3 aliphatic heterocycles. The highest BCUT2D eigenvalue weighted by Crippen LogP contribution is 2.38. The van der Waals surface area contributed by atoms with Crippen LogP contribution in [0.15, 0.2) is 18.2 Å². The van der Waals surface area contributed by atoms with E-state index in [1.165, 1.54) is 25.9 Å². The van der Waals surface area contributed by atoms with Gasteiger partial charge in [0.05, 0.1) is 6.04 Å². The number of amides is 2. The molecule has 2 saturated heterocycles. The van der Waals surface area contributed by atoms with Gasteiger partial charge in [-0.2, -0.15) is 0 Å². The standard InChI is InChI=1S/C23H35N3O3/c1-18-8-13-25(14-9-18)11-3-2-10-24-23(27)26-12-4-5-20(26)19-6-7-21-22(17-19)29-16-15-28-21/h6-7,17-18,20H,2-5,8-16H2,1H3,(H,24,27). The summed E-state index contributed by atoms with van der Waals surface area (Å²) in [4.78, 5) is 17.3. The number of piperidine rings is 1. The van der Waals surface area contributed by atoms with Gasteiger partial charge < -0.3 is 24.6 Å². The van der Waals surface area contributed by atoms with Crippen LogP contribution in [0, 0.1) is 5.92 Å². The Morgan fingerprint density at radius 1 is 1.07 bits per heavy atom. The lowest BCUT2D eigenvalue weighted by Crippen LogP contribution is -2.40. The molecule has 1 N–H and O–H groups in total. The Morgan fingerprint density at radius 2 is 1.86 bits per heavy atom. The summed E-state index contributed by atoms with van der Waals surface area (Å²) in [6.07, 6.45) is 6.89. The van der Waals surface area contributed by atoms with Gasteiger partial charge >= 0.3 is 6.03 Å². The number of nitrogens with one attached hydrogen (secondary N) is 1. The van der Waals surface area contributed by atoms with Gasteiger partial charge in [-0.1, -0.05) is 13.0 Å². The van der Waals surface area contributed by atoms with Crippen LogP contribution in [0.2, 0.25) is 0 Å². The summed E-state index contributed by atoms with van der Waals surface area (Å²) in [6.45, 7) is 8.74. The fourth-order valence-corrected chi connectivity index (χ4v) is 4.67. The molecule has 2 fully saturated rings. The van der Waals surface area contributed by atoms with E-state index >= 15 is 0 Å². The van der Waals surface area contributed by atoms with Crippen LogP contribution in [0.3, 0.4) is 0 Å². The summed E-state index contributed by atoms with van der Waals surface area (Å²) in [7, 11) is 0. The quantitative estimate of drug-likeness (QED) is 0.737. The lowest BCUT2D eigenvalue weighted by molar-refractivity contribution is 0.170. The van der Waals surface area contributed by atoms with Gasteiger partial charge in [0.1, 0.15) is 13.2 Å². The molecule has 1 aromatic rings. The topological polar surface area (TPSA) is 54.0 Å². The zero-order valence-electron chi connectivity index (χ0n) is 17.7. The van der Waals surface area contributed by atoms with Crippen molar-refractivity contribution in [1.82, 2.24) is 15.1 Å². The Hall–Kier alpha value is -1.95. The molecule has 1 unspecified atom stereocenters. The first-order chi connectivity index (χ1) is 14.2. The van der Waals surface area contributed by atoms with Crippen molar-refractivity contribution in [2.45, 2.75) is 51.5 Å². The molecule has 6 nitrogen and oxygen atoms in total. The molecular formula is C23H35N3O3. The number of rotatable bonds is 6. The second-order valence-electron chi connectivity index (χ2n) is 8.72. The molecule has 0 bridgehead atoms. The van der Waals surface area contributed by atoms with Crippen LogP contribution in [0.4, 0.5) is 4.79 Å². The van der Waals surface area contributed by atoms with Crippen LogP contribution < -0.4 is 14.8 Å². The summed E-state index contributed by atoms with van der Waals surface area (Å²) in [6, 6.07) is 6.28. The zero-order chi connectivity index (χ0) is 20.1. The molecule has 6 heteroatoms. The first-order valence-electron chi connectivity index (χ1n) is 11.4. The maximum atomic E-state index is 12.8. The van der Waals surface area contributed by atoms with Crippen LogP contribution in [0.1, 0.15) is 57.1 Å². The average molecular weight is 402 g/mol. The van der Waals surface area contributed by atoms with Gasteiger partial charge in [0.25, 0.3) is 0 Å². The molecule has 0 spiro atoms. The number of hydrogen-bond acceptors (Lipinski definition) is 4. The number of nitrogens with zero attached hydrogens (tertiary/aromatic N) is 2. The second-order valence-corrected chi connectivity index (χ2v) is 8.72. The molecule has 1 aromatic carbocycles. The molecule has 0 radical (unpaired) electrons. The lowest BCUT2D eigenvalue weighted by atomic mass is 9.99. The van der Waals surface area contributed by atoms with E-state index in [1.807, 2.05) is 17.0 Å². The number of benzene rings is 1. The van der Waals surface area contributed by atoms with Crippen molar-refractivity contribution in [2.24, 2.45) is 5.92 Å². The van der Waals surface area contributed by atoms with Gasteiger partial charge in [-0.15, -0.1) is 0 Å². The molecular weight excluding hydrogens is 366 g/mol. The van der Waals surface area contributed by atoms with Gasteiger partial charge in [0.15, 0.2) is 11.5 Å². The second kappa shape index (κ2) is 9.70. The monoisotopic (exact) mass is 401 g/mol. The SMILES string of the molecule is CC1CCN(CCCCNC(=O)N2CCCC2c2ccc3c(c2)OCCO3)CC1. The third-order valence-corrected chi connectivity index (χ3v) is 6.52. The van der Waals surface area contributed by atoms with Crippen LogP contribution in [0.5, 0.6) is 11.5 Å². The summed E-state index contributed by atoms with van der Waals surface area (Å²) < 4.78 is 11.3. The Labute approximate surface area is 174 Å². The molecule has 4 rings (SSSR count). The summed E-state index contributed by atoms with van der Waals surface area (Å²) in [5.74, 6) is 2.48. The Morgan fingerprint density at radius 3 is 2.69 bits per heavy atom. The van der Waals surface area contributed by atoms with E-state index in [1.54, 1.807) is 0 Å².